The molecular weight excluding hydrogens is 823 g/mol. The Morgan fingerprint density at radius 1 is 0.343 bits per heavy atom. The number of rotatable bonds is 6. The van der Waals surface area contributed by atoms with Crippen molar-refractivity contribution in [3.63, 3.8) is 0 Å². The van der Waals surface area contributed by atoms with Gasteiger partial charge in [0.05, 0.1) is 11.1 Å². The van der Waals surface area contributed by atoms with Crippen molar-refractivity contribution in [2.75, 3.05) is 0 Å². The molecule has 0 N–H and O–H groups in total. The molecule has 4 saturated carbocycles. The molecule has 0 radical (unpaired) electrons. The van der Waals surface area contributed by atoms with Crippen molar-refractivity contribution in [3.8, 4) is 56.4 Å². The summed E-state index contributed by atoms with van der Waals surface area (Å²) in [6.07, 6.45) is 8.25. The van der Waals surface area contributed by atoms with Crippen LogP contribution >= 0.6 is 0 Å². The third-order valence-electron chi connectivity index (χ3n) is 15.7. The first-order valence-corrected chi connectivity index (χ1v) is 23.8. The molecule has 0 amide bonds. The third kappa shape index (κ3) is 5.85. The minimum absolute atomic E-state index is 0.283. The Balaban J connectivity index is 0.944. The molecule has 4 aliphatic carbocycles. The fourth-order valence-corrected chi connectivity index (χ4v) is 13.1. The highest BCUT2D eigenvalue weighted by molar-refractivity contribution is 6.11. The summed E-state index contributed by atoms with van der Waals surface area (Å²) < 4.78 is 19.8. The molecule has 0 aliphatic heterocycles. The van der Waals surface area contributed by atoms with Gasteiger partial charge in [-0.15, -0.1) is 0 Å². The molecule has 4 aromatic heterocycles. The lowest BCUT2D eigenvalue weighted by molar-refractivity contribution is -0.00513. The van der Waals surface area contributed by atoms with Gasteiger partial charge < -0.3 is 13.3 Å². The van der Waals surface area contributed by atoms with E-state index in [1.165, 1.54) is 44.1 Å². The average Bonchev–Trinajstić information content (AvgIpc) is 4.07. The van der Waals surface area contributed by atoms with Gasteiger partial charge in [-0.3, -0.25) is 0 Å². The quantitative estimate of drug-likeness (QED) is 0.166. The first-order chi connectivity index (χ1) is 33.1. The number of furan rings is 3. The molecule has 8 aromatic carbocycles. The highest BCUT2D eigenvalue weighted by atomic mass is 16.3. The molecular formula is C61H43N3O3. The van der Waals surface area contributed by atoms with Crippen molar-refractivity contribution in [3.05, 3.63) is 175 Å². The van der Waals surface area contributed by atoms with Crippen LogP contribution < -0.4 is 0 Å². The molecule has 6 nitrogen and oxygen atoms in total. The van der Waals surface area contributed by atoms with E-state index in [9.17, 15) is 0 Å². The minimum Gasteiger partial charge on any atom is -0.456 e. The Morgan fingerprint density at radius 2 is 0.836 bits per heavy atom. The van der Waals surface area contributed by atoms with E-state index >= 15 is 0 Å². The highest BCUT2D eigenvalue weighted by Gasteiger charge is 2.51. The lowest BCUT2D eigenvalue weighted by atomic mass is 9.48. The normalized spacial score (nSPS) is 20.1. The van der Waals surface area contributed by atoms with Crippen LogP contribution in [0.5, 0.6) is 0 Å². The summed E-state index contributed by atoms with van der Waals surface area (Å²) in [5, 5.41) is 6.48. The molecule has 4 heterocycles. The number of hydrogen-bond acceptors (Lipinski definition) is 6. The van der Waals surface area contributed by atoms with Crippen molar-refractivity contribution in [2.24, 2.45) is 17.8 Å². The van der Waals surface area contributed by atoms with Gasteiger partial charge in [-0.05, 0) is 156 Å². The van der Waals surface area contributed by atoms with Gasteiger partial charge in [-0.2, -0.15) is 0 Å². The van der Waals surface area contributed by atoms with Crippen LogP contribution in [-0.4, -0.2) is 15.0 Å². The van der Waals surface area contributed by atoms with Crippen molar-refractivity contribution in [2.45, 2.75) is 43.9 Å². The van der Waals surface area contributed by atoms with E-state index in [0.29, 0.717) is 17.5 Å². The predicted molar refractivity (Wildman–Crippen MR) is 269 cm³/mol. The molecule has 4 aliphatic rings. The van der Waals surface area contributed by atoms with Crippen LogP contribution in [0, 0.1) is 17.8 Å². The van der Waals surface area contributed by atoms with E-state index in [1.54, 1.807) is 0 Å². The molecule has 0 saturated heterocycles. The Bertz CT molecular complexity index is 3950. The SMILES string of the molecule is c1ccc(-c2cc(-c3ccc4oc5ccccc5c4c3)cc(-c3nc(-c4cccc5c4oc4ccccc45)nc(-c4cccc5c4oc4ccc(C67CC8CC(CC(C8)C6)C7)cc45)n3)c2)cc1. The Morgan fingerprint density at radius 3 is 1.52 bits per heavy atom. The van der Waals surface area contributed by atoms with Gasteiger partial charge in [0.15, 0.2) is 17.5 Å². The fraction of sp³-hybridized carbons (Fsp3) is 0.164. The van der Waals surface area contributed by atoms with E-state index in [0.717, 1.165) is 123 Å². The first kappa shape index (κ1) is 37.4. The molecule has 6 heteroatoms. The second kappa shape index (κ2) is 14.1. The number of nitrogens with zero attached hydrogens (tertiary/aromatic N) is 3. The zero-order valence-corrected chi connectivity index (χ0v) is 36.7. The van der Waals surface area contributed by atoms with Gasteiger partial charge in [-0.25, -0.2) is 15.0 Å². The molecule has 0 unspecified atom stereocenters. The van der Waals surface area contributed by atoms with Gasteiger partial charge in [-0.1, -0.05) is 103 Å². The number of para-hydroxylation sites is 4. The van der Waals surface area contributed by atoms with Gasteiger partial charge in [0, 0.05) is 37.9 Å². The number of fused-ring (bicyclic) bond motifs is 9. The largest absolute Gasteiger partial charge is 0.456 e. The second-order valence-corrected chi connectivity index (χ2v) is 19.8. The number of aromatic nitrogens is 3. The van der Waals surface area contributed by atoms with Crippen LogP contribution in [0.25, 0.3) is 122 Å². The maximum absolute atomic E-state index is 6.90. The summed E-state index contributed by atoms with van der Waals surface area (Å²) in [6, 6.07) is 59.7. The van der Waals surface area contributed by atoms with Crippen molar-refractivity contribution in [1.82, 2.24) is 15.0 Å². The molecule has 0 spiro atoms. The second-order valence-electron chi connectivity index (χ2n) is 19.8. The predicted octanol–water partition coefficient (Wildman–Crippen LogP) is 16.4. The maximum atomic E-state index is 6.90. The van der Waals surface area contributed by atoms with Gasteiger partial charge in [0.2, 0.25) is 0 Å². The molecule has 4 fully saturated rings. The van der Waals surface area contributed by atoms with Crippen molar-refractivity contribution in [1.29, 1.82) is 0 Å². The summed E-state index contributed by atoms with van der Waals surface area (Å²) in [4.78, 5) is 16.1. The van der Waals surface area contributed by atoms with Gasteiger partial charge in [0.25, 0.3) is 0 Å². The van der Waals surface area contributed by atoms with Crippen molar-refractivity contribution < 1.29 is 13.3 Å². The topological polar surface area (TPSA) is 78.1 Å². The van der Waals surface area contributed by atoms with Crippen LogP contribution in [0.2, 0.25) is 0 Å². The molecule has 12 aromatic rings. The first-order valence-electron chi connectivity index (χ1n) is 23.8. The van der Waals surface area contributed by atoms with Gasteiger partial charge in [0.1, 0.15) is 33.5 Å². The Kier molecular flexibility index (Phi) is 7.86. The van der Waals surface area contributed by atoms with E-state index < -0.39 is 0 Å². The smallest absolute Gasteiger partial charge is 0.167 e. The standard InChI is InChI=1S/C61H43N3O3/c1-2-10-38(11-3-1)40-27-41(39-20-22-54-50(30-39)45-13-5-6-18-52(45)65-54)29-42(28-40)58-62-59(48-16-8-14-46-44-12-4-7-19-53(44)66-56(46)48)64-60(63-58)49-17-9-15-47-51-31-43(21-23-55(51)67-57(47)49)61-32-35-24-36(33-61)26-37(25-35)34-61/h1-23,27-31,35-37H,24-26,32-34H2. The van der Waals surface area contributed by atoms with E-state index in [4.69, 9.17) is 28.2 Å². The number of benzene rings is 8. The van der Waals surface area contributed by atoms with Crippen LogP contribution in [0.4, 0.5) is 0 Å². The van der Waals surface area contributed by atoms with E-state index in [2.05, 4.69) is 140 Å². The Hall–Kier alpha value is -7.83. The highest BCUT2D eigenvalue weighted by Crippen LogP contribution is 2.61. The lowest BCUT2D eigenvalue weighted by Gasteiger charge is -2.57. The molecule has 320 valence electrons. The van der Waals surface area contributed by atoms with Crippen molar-refractivity contribution >= 4 is 65.8 Å². The third-order valence-corrected chi connectivity index (χ3v) is 15.7. The maximum Gasteiger partial charge on any atom is 0.167 e. The van der Waals surface area contributed by atoms with Crippen LogP contribution in [0.3, 0.4) is 0 Å². The van der Waals surface area contributed by atoms with E-state index in [1.807, 2.05) is 30.3 Å². The van der Waals surface area contributed by atoms with Gasteiger partial charge >= 0.3 is 0 Å². The monoisotopic (exact) mass is 865 g/mol. The van der Waals surface area contributed by atoms with Crippen LogP contribution in [-0.2, 0) is 5.41 Å². The molecule has 0 atom stereocenters. The zero-order chi connectivity index (χ0) is 43.8. The minimum atomic E-state index is 0.283. The fourth-order valence-electron chi connectivity index (χ4n) is 13.1. The Labute approximate surface area is 385 Å². The summed E-state index contributed by atoms with van der Waals surface area (Å²) in [5.41, 5.74) is 13.5. The zero-order valence-electron chi connectivity index (χ0n) is 36.7. The lowest BCUT2D eigenvalue weighted by Crippen LogP contribution is -2.48. The molecule has 16 rings (SSSR count). The summed E-state index contributed by atoms with van der Waals surface area (Å²) in [5.74, 6) is 4.24. The molecule has 67 heavy (non-hydrogen) atoms. The van der Waals surface area contributed by atoms with Crippen LogP contribution in [0.15, 0.2) is 183 Å². The summed E-state index contributed by atoms with van der Waals surface area (Å²) in [7, 11) is 0. The average molecular weight is 866 g/mol. The van der Waals surface area contributed by atoms with Crippen LogP contribution in [0.1, 0.15) is 44.1 Å². The van der Waals surface area contributed by atoms with E-state index in [-0.39, 0.29) is 5.41 Å². The summed E-state index contributed by atoms with van der Waals surface area (Å²) in [6.45, 7) is 0. The summed E-state index contributed by atoms with van der Waals surface area (Å²) >= 11 is 0. The molecule has 4 bridgehead atoms. The number of hydrogen-bond donors (Lipinski definition) is 0.